The summed E-state index contributed by atoms with van der Waals surface area (Å²) in [6, 6.07) is 2.09. The monoisotopic (exact) mass is 344 g/mol. The molecule has 0 spiro atoms. The molecule has 0 saturated carbocycles. The Hall–Kier alpha value is -2.15. The Morgan fingerprint density at radius 2 is 1.91 bits per heavy atom. The van der Waals surface area contributed by atoms with E-state index in [9.17, 15) is 9.59 Å². The fraction of sp³-hybridized carbons (Fsp3) is 0.467. The first-order valence-corrected chi connectivity index (χ1v) is 7.26. The highest BCUT2D eigenvalue weighted by Gasteiger charge is 2.24. The van der Waals surface area contributed by atoms with Gasteiger partial charge in [0, 0.05) is 0 Å². The number of rotatable bonds is 4. The Morgan fingerprint density at radius 3 is 2.43 bits per heavy atom. The average molecular weight is 345 g/mol. The largest absolute Gasteiger partial charge is 0.494 e. The molecule has 3 N–H and O–H groups in total. The summed E-state index contributed by atoms with van der Waals surface area (Å²) in [5.74, 6) is -0.434. The van der Waals surface area contributed by atoms with Crippen LogP contribution in [0, 0.1) is 0 Å². The number of amides is 1. The van der Waals surface area contributed by atoms with Crippen molar-refractivity contribution in [3.8, 4) is 11.5 Å². The van der Waals surface area contributed by atoms with E-state index in [-0.39, 0.29) is 16.5 Å². The summed E-state index contributed by atoms with van der Waals surface area (Å²) in [4.78, 5) is 23.7. The van der Waals surface area contributed by atoms with Gasteiger partial charge in [-0.25, -0.2) is 9.59 Å². The Kier molecular flexibility index (Phi) is 6.09. The van der Waals surface area contributed by atoms with E-state index in [2.05, 4.69) is 5.32 Å². The summed E-state index contributed by atoms with van der Waals surface area (Å²) in [5, 5.41) is 2.53. The van der Waals surface area contributed by atoms with Crippen molar-refractivity contribution in [3.63, 3.8) is 0 Å². The van der Waals surface area contributed by atoms with Crippen LogP contribution in [0.5, 0.6) is 11.5 Å². The Balaban J connectivity index is 2.78. The summed E-state index contributed by atoms with van der Waals surface area (Å²) in [5.41, 5.74) is 5.25. The van der Waals surface area contributed by atoms with Crippen molar-refractivity contribution in [2.45, 2.75) is 39.3 Å². The molecule has 1 aromatic carbocycles. The Morgan fingerprint density at radius 1 is 1.30 bits per heavy atom. The normalized spacial score (nSPS) is 12.3. The van der Waals surface area contributed by atoms with E-state index in [1.165, 1.54) is 20.1 Å². The lowest BCUT2D eigenvalue weighted by molar-refractivity contribution is -0.136. The fourth-order valence-corrected chi connectivity index (χ4v) is 1.77. The third kappa shape index (κ3) is 5.52. The van der Waals surface area contributed by atoms with E-state index in [1.807, 2.05) is 0 Å². The molecule has 23 heavy (non-hydrogen) atoms. The zero-order valence-corrected chi connectivity index (χ0v) is 14.5. The third-order valence-electron chi connectivity index (χ3n) is 2.62. The molecule has 1 atom stereocenters. The van der Waals surface area contributed by atoms with Crippen LogP contribution in [-0.4, -0.2) is 30.8 Å². The van der Waals surface area contributed by atoms with E-state index >= 15 is 0 Å². The van der Waals surface area contributed by atoms with Crippen molar-refractivity contribution in [3.05, 3.63) is 17.2 Å². The number of nitrogens with two attached hydrogens (primary N) is 1. The van der Waals surface area contributed by atoms with Crippen LogP contribution in [0.1, 0.15) is 27.7 Å². The molecule has 0 saturated heterocycles. The van der Waals surface area contributed by atoms with Gasteiger partial charge in [-0.3, -0.25) is 0 Å². The first kappa shape index (κ1) is 18.9. The maximum Gasteiger partial charge on any atom is 0.408 e. The van der Waals surface area contributed by atoms with Crippen LogP contribution in [0.25, 0.3) is 0 Å². The molecule has 0 aliphatic heterocycles. The highest BCUT2D eigenvalue weighted by Crippen LogP contribution is 2.38. The SMILES string of the molecule is COc1ccc(Cl)c(OC(=O)[C@H](C)NC(=O)OC(C)(C)C)c1N. The lowest BCUT2D eigenvalue weighted by Crippen LogP contribution is -2.43. The number of nitrogen functional groups attached to an aromatic ring is 1. The number of ether oxygens (including phenoxy) is 3. The van der Waals surface area contributed by atoms with Crippen molar-refractivity contribution in [2.24, 2.45) is 0 Å². The van der Waals surface area contributed by atoms with E-state index in [4.69, 9.17) is 31.5 Å². The molecule has 0 aliphatic carbocycles. The molecule has 7 nitrogen and oxygen atoms in total. The van der Waals surface area contributed by atoms with Gasteiger partial charge in [0.25, 0.3) is 0 Å². The minimum absolute atomic E-state index is 0.0196. The number of benzene rings is 1. The molecule has 0 fully saturated rings. The van der Waals surface area contributed by atoms with Gasteiger partial charge in [0.15, 0.2) is 5.75 Å². The molecule has 0 radical (unpaired) electrons. The number of methoxy groups -OCH3 is 1. The summed E-state index contributed by atoms with van der Waals surface area (Å²) < 4.78 is 15.3. The maximum absolute atomic E-state index is 12.1. The number of alkyl carbamates (subject to hydrolysis) is 1. The number of hydrogen-bond acceptors (Lipinski definition) is 6. The number of halogens is 1. The highest BCUT2D eigenvalue weighted by atomic mass is 35.5. The predicted molar refractivity (Wildman–Crippen MR) is 86.9 cm³/mol. The lowest BCUT2D eigenvalue weighted by Gasteiger charge is -2.21. The molecule has 128 valence electrons. The predicted octanol–water partition coefficient (Wildman–Crippen LogP) is 2.75. The molecule has 0 heterocycles. The van der Waals surface area contributed by atoms with Crippen molar-refractivity contribution >= 4 is 29.4 Å². The van der Waals surface area contributed by atoms with Crippen molar-refractivity contribution in [1.82, 2.24) is 5.32 Å². The molecule has 1 amide bonds. The van der Waals surface area contributed by atoms with Gasteiger partial charge in [-0.2, -0.15) is 0 Å². The minimum Gasteiger partial charge on any atom is -0.494 e. The maximum atomic E-state index is 12.1. The van der Waals surface area contributed by atoms with Gasteiger partial charge in [-0.15, -0.1) is 0 Å². The second-order valence-electron chi connectivity index (χ2n) is 5.78. The Bertz CT molecular complexity index is 598. The highest BCUT2D eigenvalue weighted by molar-refractivity contribution is 6.32. The van der Waals surface area contributed by atoms with Crippen LogP contribution in [0.15, 0.2) is 12.1 Å². The summed E-state index contributed by atoms with van der Waals surface area (Å²) in [6.45, 7) is 6.60. The number of nitrogens with one attached hydrogen (secondary N) is 1. The van der Waals surface area contributed by atoms with Gasteiger partial charge < -0.3 is 25.3 Å². The smallest absolute Gasteiger partial charge is 0.408 e. The molecule has 0 aliphatic rings. The van der Waals surface area contributed by atoms with E-state index in [0.29, 0.717) is 5.75 Å². The molecule has 0 aromatic heterocycles. The van der Waals surface area contributed by atoms with Gasteiger partial charge in [0.1, 0.15) is 23.1 Å². The molecule has 0 unspecified atom stereocenters. The molecular weight excluding hydrogens is 324 g/mol. The van der Waals surface area contributed by atoms with Gasteiger partial charge in [-0.1, -0.05) is 11.6 Å². The van der Waals surface area contributed by atoms with Crippen LogP contribution in [0.4, 0.5) is 10.5 Å². The molecular formula is C15H21ClN2O5. The van der Waals surface area contributed by atoms with Gasteiger partial charge >= 0.3 is 12.1 Å². The molecule has 1 aromatic rings. The minimum atomic E-state index is -0.952. The topological polar surface area (TPSA) is 99.9 Å². The number of carbonyl (C=O) groups is 2. The van der Waals surface area contributed by atoms with Crippen LogP contribution in [0.2, 0.25) is 5.02 Å². The fourth-order valence-electron chi connectivity index (χ4n) is 1.57. The second kappa shape index (κ2) is 7.41. The van der Waals surface area contributed by atoms with Gasteiger partial charge in [0.05, 0.1) is 12.1 Å². The van der Waals surface area contributed by atoms with E-state index in [0.717, 1.165) is 0 Å². The van der Waals surface area contributed by atoms with Crippen molar-refractivity contribution in [1.29, 1.82) is 0 Å². The molecule has 1 rings (SSSR count). The summed E-state index contributed by atoms with van der Waals surface area (Å²) in [6.07, 6.45) is -0.730. The number of hydrogen-bond donors (Lipinski definition) is 2. The van der Waals surface area contributed by atoms with Crippen LogP contribution < -0.4 is 20.5 Å². The molecule has 8 heteroatoms. The average Bonchev–Trinajstić information content (AvgIpc) is 2.41. The van der Waals surface area contributed by atoms with E-state index < -0.39 is 23.7 Å². The summed E-state index contributed by atoms with van der Waals surface area (Å²) >= 11 is 5.98. The Labute approximate surface area is 140 Å². The van der Waals surface area contributed by atoms with E-state index in [1.54, 1.807) is 26.8 Å². The number of esters is 1. The number of anilines is 1. The lowest BCUT2D eigenvalue weighted by atomic mass is 10.2. The first-order chi connectivity index (χ1) is 10.5. The van der Waals surface area contributed by atoms with Crippen molar-refractivity contribution < 1.29 is 23.8 Å². The first-order valence-electron chi connectivity index (χ1n) is 6.88. The molecule has 0 bridgehead atoms. The summed E-state index contributed by atoms with van der Waals surface area (Å²) in [7, 11) is 1.43. The van der Waals surface area contributed by atoms with Gasteiger partial charge in [-0.05, 0) is 39.8 Å². The van der Waals surface area contributed by atoms with Crippen molar-refractivity contribution in [2.75, 3.05) is 12.8 Å². The zero-order chi connectivity index (χ0) is 17.8. The zero-order valence-electron chi connectivity index (χ0n) is 13.7. The standard InChI is InChI=1S/C15H21ClN2O5/c1-8(18-14(20)23-15(2,3)4)13(19)22-12-9(16)6-7-10(21-5)11(12)17/h6-8H,17H2,1-5H3,(H,18,20)/t8-/m0/s1. The third-order valence-corrected chi connectivity index (χ3v) is 2.92. The van der Waals surface area contributed by atoms with Crippen LogP contribution in [0.3, 0.4) is 0 Å². The second-order valence-corrected chi connectivity index (χ2v) is 6.19. The quantitative estimate of drug-likeness (QED) is 0.495. The van der Waals surface area contributed by atoms with Crippen LogP contribution >= 0.6 is 11.6 Å². The number of carbonyl (C=O) groups excluding carboxylic acids is 2. The van der Waals surface area contributed by atoms with Gasteiger partial charge in [0.2, 0.25) is 0 Å². The van der Waals surface area contributed by atoms with Crippen LogP contribution in [-0.2, 0) is 9.53 Å².